The third-order valence-corrected chi connectivity index (χ3v) is 5.25. The molecule has 0 fully saturated rings. The molecule has 0 aliphatic heterocycles. The number of Topliss-reactive ketones (excluding diaryl/α,β-unsaturated/α-hetero) is 1. The summed E-state index contributed by atoms with van der Waals surface area (Å²) < 4.78 is 4.29. The van der Waals surface area contributed by atoms with Gasteiger partial charge in [0.15, 0.2) is 5.12 Å². The van der Waals surface area contributed by atoms with Crippen LogP contribution < -0.4 is 5.32 Å². The van der Waals surface area contributed by atoms with E-state index in [1.54, 1.807) is 18.7 Å². The van der Waals surface area contributed by atoms with Crippen molar-refractivity contribution in [1.82, 2.24) is 10.2 Å². The van der Waals surface area contributed by atoms with Gasteiger partial charge in [0.25, 0.3) is 0 Å². The van der Waals surface area contributed by atoms with Gasteiger partial charge in [-0.1, -0.05) is 32.5 Å². The standard InChI is InChI=1S/C18H30N2O6S/c1-7-11(4)16(23)19-15(17(24)20(8-2)9-3)12(5)27-14(22)10-13(21)18(25)26-6/h11-12,15H,7-10H2,1-6H3,(H,19,23). The number of esters is 1. The Morgan fingerprint density at radius 3 is 2.04 bits per heavy atom. The molecule has 3 atom stereocenters. The van der Waals surface area contributed by atoms with Crippen molar-refractivity contribution in [3.8, 4) is 0 Å². The summed E-state index contributed by atoms with van der Waals surface area (Å²) in [5, 5.41) is 1.56. The molecule has 0 aliphatic rings. The summed E-state index contributed by atoms with van der Waals surface area (Å²) in [6, 6.07) is -0.909. The second-order valence-electron chi connectivity index (χ2n) is 6.09. The number of ether oxygens (including phenoxy) is 1. The monoisotopic (exact) mass is 402 g/mol. The van der Waals surface area contributed by atoms with Crippen molar-refractivity contribution in [3.05, 3.63) is 0 Å². The third-order valence-electron chi connectivity index (χ3n) is 4.20. The van der Waals surface area contributed by atoms with Crippen molar-refractivity contribution in [2.75, 3.05) is 20.2 Å². The largest absolute Gasteiger partial charge is 0.463 e. The lowest BCUT2D eigenvalue weighted by atomic mass is 10.1. The van der Waals surface area contributed by atoms with Gasteiger partial charge in [0.2, 0.25) is 17.6 Å². The molecule has 0 saturated heterocycles. The van der Waals surface area contributed by atoms with E-state index in [1.165, 1.54) is 0 Å². The first kappa shape index (κ1) is 25.1. The molecule has 2 amide bonds. The summed E-state index contributed by atoms with van der Waals surface area (Å²) in [4.78, 5) is 61.4. The molecular weight excluding hydrogens is 372 g/mol. The summed E-state index contributed by atoms with van der Waals surface area (Å²) in [6.45, 7) is 9.85. The lowest BCUT2D eigenvalue weighted by molar-refractivity contribution is -0.152. The number of amides is 2. The van der Waals surface area contributed by atoms with Crippen LogP contribution in [0.3, 0.4) is 0 Å². The SMILES string of the molecule is CCC(C)C(=O)NC(C(=O)N(CC)CC)C(C)SC(=O)CC(=O)C(=O)OC. The fraction of sp³-hybridized carbons (Fsp3) is 0.722. The number of rotatable bonds is 11. The van der Waals surface area contributed by atoms with Crippen molar-refractivity contribution in [1.29, 1.82) is 0 Å². The summed E-state index contributed by atoms with van der Waals surface area (Å²) in [6.07, 6.45) is -0.000726. The van der Waals surface area contributed by atoms with E-state index in [9.17, 15) is 24.0 Å². The van der Waals surface area contributed by atoms with Gasteiger partial charge in [-0.05, 0) is 20.3 Å². The average Bonchev–Trinajstić information content (AvgIpc) is 2.64. The topological polar surface area (TPSA) is 110 Å². The molecular formula is C18H30N2O6S. The molecule has 8 nitrogen and oxygen atoms in total. The summed E-state index contributed by atoms with van der Waals surface area (Å²) in [5.41, 5.74) is 0. The van der Waals surface area contributed by atoms with Gasteiger partial charge in [-0.25, -0.2) is 4.79 Å². The molecule has 0 aromatic rings. The number of carbonyl (C=O) groups is 5. The molecule has 154 valence electrons. The highest BCUT2D eigenvalue weighted by molar-refractivity contribution is 8.14. The molecule has 3 unspecified atom stereocenters. The zero-order chi connectivity index (χ0) is 21.1. The number of hydrogen-bond acceptors (Lipinski definition) is 7. The van der Waals surface area contributed by atoms with Crippen molar-refractivity contribution in [3.63, 3.8) is 0 Å². The van der Waals surface area contributed by atoms with E-state index in [2.05, 4.69) is 10.1 Å². The highest BCUT2D eigenvalue weighted by Gasteiger charge is 2.33. The van der Waals surface area contributed by atoms with Crippen LogP contribution in [0.5, 0.6) is 0 Å². The number of ketones is 1. The van der Waals surface area contributed by atoms with Crippen LogP contribution in [0.4, 0.5) is 0 Å². The quantitative estimate of drug-likeness (QED) is 0.314. The Hall–Kier alpha value is -1.90. The Morgan fingerprint density at radius 1 is 1.04 bits per heavy atom. The number of hydrogen-bond donors (Lipinski definition) is 1. The Balaban J connectivity index is 5.26. The third kappa shape index (κ3) is 8.11. The molecule has 0 saturated carbocycles. The van der Waals surface area contributed by atoms with Crippen molar-refractivity contribution in [2.24, 2.45) is 5.92 Å². The molecule has 0 bridgehead atoms. The van der Waals surface area contributed by atoms with Crippen LogP contribution in [0.25, 0.3) is 0 Å². The number of likely N-dealkylation sites (N-methyl/N-ethyl adjacent to an activating group) is 1. The zero-order valence-electron chi connectivity index (χ0n) is 16.9. The molecule has 0 heterocycles. The minimum Gasteiger partial charge on any atom is -0.463 e. The number of carbonyl (C=O) groups excluding carboxylic acids is 5. The number of methoxy groups -OCH3 is 1. The first-order chi connectivity index (χ1) is 12.6. The van der Waals surface area contributed by atoms with Crippen LogP contribution in [0.2, 0.25) is 0 Å². The lowest BCUT2D eigenvalue weighted by Crippen LogP contribution is -2.54. The highest BCUT2D eigenvalue weighted by atomic mass is 32.2. The molecule has 1 N–H and O–H groups in total. The molecule has 27 heavy (non-hydrogen) atoms. The van der Waals surface area contributed by atoms with Crippen molar-refractivity contribution >= 4 is 40.4 Å². The van der Waals surface area contributed by atoms with Gasteiger partial charge in [-0.2, -0.15) is 0 Å². The maximum atomic E-state index is 12.8. The fourth-order valence-corrected chi connectivity index (χ4v) is 3.18. The van der Waals surface area contributed by atoms with Crippen LogP contribution >= 0.6 is 11.8 Å². The molecule has 0 spiro atoms. The predicted molar refractivity (Wildman–Crippen MR) is 103 cm³/mol. The van der Waals surface area contributed by atoms with E-state index in [0.717, 1.165) is 18.9 Å². The minimum absolute atomic E-state index is 0.270. The van der Waals surface area contributed by atoms with Crippen molar-refractivity contribution < 1.29 is 28.7 Å². The van der Waals surface area contributed by atoms with E-state index < -0.39 is 34.6 Å². The van der Waals surface area contributed by atoms with Gasteiger partial charge in [-0.15, -0.1) is 0 Å². The molecule has 0 aromatic heterocycles. The summed E-state index contributed by atoms with van der Waals surface area (Å²) in [5.74, 6) is -2.86. The van der Waals surface area contributed by atoms with Crippen molar-refractivity contribution in [2.45, 2.75) is 58.8 Å². The Labute approximate surface area is 164 Å². The lowest BCUT2D eigenvalue weighted by Gasteiger charge is -2.29. The Kier molecular flexibility index (Phi) is 11.6. The van der Waals surface area contributed by atoms with E-state index in [-0.39, 0.29) is 17.7 Å². The Bertz CT molecular complexity index is 562. The molecule has 9 heteroatoms. The van der Waals surface area contributed by atoms with E-state index >= 15 is 0 Å². The van der Waals surface area contributed by atoms with Crippen LogP contribution in [0.1, 0.15) is 47.5 Å². The van der Waals surface area contributed by atoms with E-state index in [4.69, 9.17) is 0 Å². The average molecular weight is 403 g/mol. The van der Waals surface area contributed by atoms with Crippen LogP contribution in [0, 0.1) is 5.92 Å². The number of thioether (sulfide) groups is 1. The van der Waals surface area contributed by atoms with Gasteiger partial charge in [0.05, 0.1) is 13.5 Å². The highest BCUT2D eigenvalue weighted by Crippen LogP contribution is 2.20. The zero-order valence-corrected chi connectivity index (χ0v) is 17.7. The number of nitrogens with zero attached hydrogens (tertiary/aromatic N) is 1. The second kappa shape index (κ2) is 12.5. The van der Waals surface area contributed by atoms with Gasteiger partial charge in [-0.3, -0.25) is 19.2 Å². The van der Waals surface area contributed by atoms with Crippen LogP contribution in [-0.4, -0.2) is 65.1 Å². The first-order valence-electron chi connectivity index (χ1n) is 9.02. The van der Waals surface area contributed by atoms with Crippen LogP contribution in [-0.2, 0) is 28.7 Å². The van der Waals surface area contributed by atoms with Gasteiger partial charge < -0.3 is 15.0 Å². The van der Waals surface area contributed by atoms with E-state index in [0.29, 0.717) is 19.5 Å². The maximum absolute atomic E-state index is 12.8. The Morgan fingerprint density at radius 2 is 1.59 bits per heavy atom. The van der Waals surface area contributed by atoms with E-state index in [1.807, 2.05) is 20.8 Å². The minimum atomic E-state index is -1.09. The maximum Gasteiger partial charge on any atom is 0.374 e. The molecule has 0 aromatic carbocycles. The second-order valence-corrected chi connectivity index (χ2v) is 7.53. The number of nitrogens with one attached hydrogen (secondary N) is 1. The van der Waals surface area contributed by atoms with Gasteiger partial charge in [0.1, 0.15) is 6.04 Å². The first-order valence-corrected chi connectivity index (χ1v) is 9.90. The smallest absolute Gasteiger partial charge is 0.374 e. The predicted octanol–water partition coefficient (Wildman–Crippen LogP) is 1.17. The van der Waals surface area contributed by atoms with Crippen LogP contribution in [0.15, 0.2) is 0 Å². The van der Waals surface area contributed by atoms with Gasteiger partial charge in [0, 0.05) is 24.3 Å². The summed E-state index contributed by atoms with van der Waals surface area (Å²) in [7, 11) is 1.06. The molecule has 0 radical (unpaired) electrons. The fourth-order valence-electron chi connectivity index (χ4n) is 2.23. The normalized spacial score (nSPS) is 13.9. The summed E-state index contributed by atoms with van der Waals surface area (Å²) >= 11 is 0.762. The molecule has 0 aliphatic carbocycles. The van der Waals surface area contributed by atoms with Gasteiger partial charge >= 0.3 is 5.97 Å². The molecule has 0 rings (SSSR count).